The monoisotopic (exact) mass is 322 g/mol. The molecule has 0 aliphatic heterocycles. The Bertz CT molecular complexity index is 680. The molecule has 106 valence electrons. The van der Waals surface area contributed by atoms with Crippen LogP contribution in [0.5, 0.6) is 0 Å². The molecule has 0 atom stereocenters. The Morgan fingerprint density at radius 2 is 1.79 bits per heavy atom. The minimum absolute atomic E-state index is 0.0569. The Morgan fingerprint density at radius 1 is 1.21 bits per heavy atom. The number of nitrogens with one attached hydrogen (secondary N) is 1. The van der Waals surface area contributed by atoms with Gasteiger partial charge in [0.2, 0.25) is 10.0 Å². The molecule has 9 heteroatoms. The van der Waals surface area contributed by atoms with E-state index in [1.54, 1.807) is 18.2 Å². The summed E-state index contributed by atoms with van der Waals surface area (Å²) in [7, 11) is -7.11. The van der Waals surface area contributed by atoms with Crippen LogP contribution in [0.2, 0.25) is 0 Å². The molecule has 0 aliphatic rings. The highest BCUT2D eigenvalue weighted by Crippen LogP contribution is 2.16. The summed E-state index contributed by atoms with van der Waals surface area (Å²) >= 11 is 4.81. The van der Waals surface area contributed by atoms with Gasteiger partial charge >= 0.3 is 0 Å². The van der Waals surface area contributed by atoms with Gasteiger partial charge in [-0.05, 0) is 12.1 Å². The molecule has 0 amide bonds. The summed E-state index contributed by atoms with van der Waals surface area (Å²) in [6, 6.07) is 6.38. The first kappa shape index (κ1) is 15.9. The predicted octanol–water partition coefficient (Wildman–Crippen LogP) is 0.107. The summed E-state index contributed by atoms with van der Waals surface area (Å²) in [6.45, 7) is 0. The van der Waals surface area contributed by atoms with Crippen LogP contribution in [0.25, 0.3) is 0 Å². The predicted molar refractivity (Wildman–Crippen MR) is 79.4 cm³/mol. The number of hydrogen-bond acceptors (Lipinski definition) is 5. The van der Waals surface area contributed by atoms with E-state index in [1.165, 1.54) is 6.07 Å². The molecule has 0 bridgehead atoms. The van der Waals surface area contributed by atoms with Crippen molar-refractivity contribution in [2.75, 3.05) is 22.5 Å². The van der Waals surface area contributed by atoms with Crippen molar-refractivity contribution in [1.82, 2.24) is 0 Å². The number of anilines is 1. The molecule has 0 spiro atoms. The molecule has 0 radical (unpaired) electrons. The van der Waals surface area contributed by atoms with Gasteiger partial charge in [-0.25, -0.2) is 16.8 Å². The molecule has 0 heterocycles. The summed E-state index contributed by atoms with van der Waals surface area (Å²) in [6.07, 6.45) is 0.978. The minimum Gasteiger partial charge on any atom is -0.389 e. The molecular formula is C10H14N2O4S3. The van der Waals surface area contributed by atoms with Crippen LogP contribution in [0.1, 0.15) is 5.56 Å². The summed E-state index contributed by atoms with van der Waals surface area (Å²) in [4.78, 5) is 0.0569. The zero-order valence-corrected chi connectivity index (χ0v) is 12.6. The first-order chi connectivity index (χ1) is 8.61. The maximum absolute atomic E-state index is 11.8. The summed E-state index contributed by atoms with van der Waals surface area (Å²) in [5.41, 5.74) is 6.11. The average molecular weight is 322 g/mol. The molecule has 1 aromatic rings. The van der Waals surface area contributed by atoms with Gasteiger partial charge in [-0.1, -0.05) is 24.4 Å². The Labute approximate surface area is 118 Å². The number of rotatable bonds is 6. The zero-order chi connectivity index (χ0) is 14.7. The Balaban J connectivity index is 2.93. The Morgan fingerprint density at radius 3 is 2.32 bits per heavy atom. The summed E-state index contributed by atoms with van der Waals surface area (Å²) in [5.74, 6) is -0.963. The van der Waals surface area contributed by atoms with Crippen molar-refractivity contribution in [1.29, 1.82) is 0 Å². The normalized spacial score (nSPS) is 12.1. The van der Waals surface area contributed by atoms with Gasteiger partial charge in [0.15, 0.2) is 0 Å². The number of hydrogen-bond donors (Lipinski definition) is 2. The van der Waals surface area contributed by atoms with Crippen LogP contribution in [-0.4, -0.2) is 39.6 Å². The molecule has 6 nitrogen and oxygen atoms in total. The number of sulfonamides is 1. The van der Waals surface area contributed by atoms with E-state index in [-0.39, 0.29) is 10.7 Å². The van der Waals surface area contributed by atoms with Crippen LogP contribution in [0.15, 0.2) is 24.3 Å². The van der Waals surface area contributed by atoms with E-state index in [0.29, 0.717) is 5.56 Å². The number of para-hydroxylation sites is 1. The van der Waals surface area contributed by atoms with E-state index in [0.717, 1.165) is 6.26 Å². The van der Waals surface area contributed by atoms with Crippen molar-refractivity contribution < 1.29 is 16.8 Å². The third kappa shape index (κ3) is 5.53. The minimum atomic E-state index is -3.77. The van der Waals surface area contributed by atoms with E-state index >= 15 is 0 Å². The van der Waals surface area contributed by atoms with Crippen molar-refractivity contribution in [3.05, 3.63) is 29.8 Å². The Kier molecular flexibility index (Phi) is 4.88. The van der Waals surface area contributed by atoms with E-state index < -0.39 is 31.4 Å². The van der Waals surface area contributed by atoms with Crippen LogP contribution in [0, 0.1) is 0 Å². The lowest BCUT2D eigenvalue weighted by atomic mass is 10.2. The summed E-state index contributed by atoms with van der Waals surface area (Å²) < 4.78 is 47.7. The van der Waals surface area contributed by atoms with Crippen LogP contribution >= 0.6 is 12.2 Å². The SMILES string of the molecule is CS(=O)(=O)CCS(=O)(=O)Nc1ccccc1C(N)=S. The van der Waals surface area contributed by atoms with Crippen molar-refractivity contribution >= 4 is 42.8 Å². The molecule has 0 aromatic heterocycles. The lowest BCUT2D eigenvalue weighted by Crippen LogP contribution is -2.24. The molecule has 1 aromatic carbocycles. The highest BCUT2D eigenvalue weighted by atomic mass is 32.2. The quantitative estimate of drug-likeness (QED) is 0.720. The van der Waals surface area contributed by atoms with E-state index in [9.17, 15) is 16.8 Å². The molecule has 19 heavy (non-hydrogen) atoms. The Hall–Kier alpha value is -1.19. The van der Waals surface area contributed by atoms with Gasteiger partial charge in [-0.3, -0.25) is 4.72 Å². The first-order valence-corrected chi connectivity index (χ1v) is 9.30. The van der Waals surface area contributed by atoms with Gasteiger partial charge in [0.25, 0.3) is 0 Å². The van der Waals surface area contributed by atoms with Gasteiger partial charge in [-0.15, -0.1) is 0 Å². The topological polar surface area (TPSA) is 106 Å². The fourth-order valence-corrected chi connectivity index (χ4v) is 4.15. The zero-order valence-electron chi connectivity index (χ0n) is 10.2. The molecule has 0 aliphatic carbocycles. The molecule has 3 N–H and O–H groups in total. The lowest BCUT2D eigenvalue weighted by Gasteiger charge is -2.11. The second-order valence-electron chi connectivity index (χ2n) is 3.96. The van der Waals surface area contributed by atoms with Crippen LogP contribution in [-0.2, 0) is 19.9 Å². The lowest BCUT2D eigenvalue weighted by molar-refractivity contribution is 0.593. The van der Waals surface area contributed by atoms with E-state index in [1.807, 2.05) is 0 Å². The van der Waals surface area contributed by atoms with Gasteiger partial charge in [-0.2, -0.15) is 0 Å². The second-order valence-corrected chi connectivity index (χ2v) is 8.50. The number of sulfone groups is 1. The largest absolute Gasteiger partial charge is 0.389 e. The van der Waals surface area contributed by atoms with E-state index in [4.69, 9.17) is 18.0 Å². The van der Waals surface area contributed by atoms with Gasteiger partial charge in [0, 0.05) is 11.8 Å². The number of nitrogens with two attached hydrogens (primary N) is 1. The van der Waals surface area contributed by atoms with Crippen molar-refractivity contribution in [3.63, 3.8) is 0 Å². The van der Waals surface area contributed by atoms with E-state index in [2.05, 4.69) is 4.72 Å². The maximum atomic E-state index is 11.8. The summed E-state index contributed by atoms with van der Waals surface area (Å²) in [5, 5.41) is 0. The fourth-order valence-electron chi connectivity index (χ4n) is 1.27. The second kappa shape index (κ2) is 5.85. The van der Waals surface area contributed by atoms with Crippen molar-refractivity contribution in [2.45, 2.75) is 0 Å². The highest BCUT2D eigenvalue weighted by Gasteiger charge is 2.16. The fraction of sp³-hybridized carbons (Fsp3) is 0.300. The molecule has 0 saturated heterocycles. The third-order valence-electron chi connectivity index (χ3n) is 2.18. The molecule has 0 fully saturated rings. The van der Waals surface area contributed by atoms with Crippen LogP contribution < -0.4 is 10.5 Å². The first-order valence-electron chi connectivity index (χ1n) is 5.18. The third-order valence-corrected chi connectivity index (χ3v) is 4.88. The molecule has 0 unspecified atom stereocenters. The van der Waals surface area contributed by atoms with Crippen molar-refractivity contribution in [3.8, 4) is 0 Å². The maximum Gasteiger partial charge on any atom is 0.233 e. The molecular weight excluding hydrogens is 308 g/mol. The smallest absolute Gasteiger partial charge is 0.233 e. The van der Waals surface area contributed by atoms with Gasteiger partial charge < -0.3 is 5.73 Å². The van der Waals surface area contributed by atoms with Gasteiger partial charge in [0.05, 0.1) is 17.2 Å². The van der Waals surface area contributed by atoms with Crippen LogP contribution in [0.3, 0.4) is 0 Å². The number of benzene rings is 1. The van der Waals surface area contributed by atoms with Crippen LogP contribution in [0.4, 0.5) is 5.69 Å². The standard InChI is InChI=1S/C10H14N2O4S3/c1-18(13,14)6-7-19(15,16)12-9-5-3-2-4-8(9)10(11)17/h2-5,12H,6-7H2,1H3,(H2,11,17). The number of thiocarbonyl (C=S) groups is 1. The molecule has 1 rings (SSSR count). The molecule has 0 saturated carbocycles. The average Bonchev–Trinajstić information content (AvgIpc) is 2.26. The van der Waals surface area contributed by atoms with Crippen molar-refractivity contribution in [2.24, 2.45) is 5.73 Å². The highest BCUT2D eigenvalue weighted by molar-refractivity contribution is 7.95. The van der Waals surface area contributed by atoms with Gasteiger partial charge in [0.1, 0.15) is 14.8 Å².